The van der Waals surface area contributed by atoms with Crippen LogP contribution in [-0.4, -0.2) is 9.55 Å². The van der Waals surface area contributed by atoms with Crippen molar-refractivity contribution in [2.45, 2.75) is 39.3 Å². The maximum absolute atomic E-state index is 12.9. The zero-order valence-corrected chi connectivity index (χ0v) is 11.9. The summed E-state index contributed by atoms with van der Waals surface area (Å²) in [4.78, 5) is 3.99. The van der Waals surface area contributed by atoms with E-state index >= 15 is 0 Å². The Morgan fingerprint density at radius 1 is 1.10 bits per heavy atom. The lowest BCUT2D eigenvalue weighted by Crippen LogP contribution is -2.17. The summed E-state index contributed by atoms with van der Waals surface area (Å²) in [6, 6.07) is 3.88. The predicted molar refractivity (Wildman–Crippen MR) is 72.0 cm³/mol. The zero-order chi connectivity index (χ0) is 15.1. The summed E-state index contributed by atoms with van der Waals surface area (Å²) >= 11 is 0. The highest BCUT2D eigenvalue weighted by Gasteiger charge is 2.32. The molecule has 0 N–H and O–H groups in total. The molecule has 0 amide bonds. The second-order valence-electron chi connectivity index (χ2n) is 5.88. The van der Waals surface area contributed by atoms with Crippen LogP contribution in [0.25, 0.3) is 5.69 Å². The van der Waals surface area contributed by atoms with E-state index in [-0.39, 0.29) is 5.41 Å². The first-order valence-corrected chi connectivity index (χ1v) is 6.32. The third-order valence-corrected chi connectivity index (χ3v) is 3.22. The molecule has 0 bridgehead atoms. The molecule has 20 heavy (non-hydrogen) atoms. The Morgan fingerprint density at radius 2 is 1.75 bits per heavy atom. The number of rotatable bonds is 1. The maximum atomic E-state index is 12.9. The van der Waals surface area contributed by atoms with E-state index in [1.165, 1.54) is 6.07 Å². The van der Waals surface area contributed by atoms with E-state index in [1.807, 2.05) is 27.7 Å². The van der Waals surface area contributed by atoms with Crippen LogP contribution in [0.3, 0.4) is 0 Å². The van der Waals surface area contributed by atoms with Crippen molar-refractivity contribution in [1.29, 1.82) is 0 Å². The molecule has 0 saturated carbocycles. The normalized spacial score (nSPS) is 12.8. The molecule has 0 unspecified atom stereocenters. The molecule has 0 aliphatic heterocycles. The summed E-state index contributed by atoms with van der Waals surface area (Å²) in [5.74, 6) is 0. The Balaban J connectivity index is 2.70. The number of aromatic nitrogens is 2. The highest BCUT2D eigenvalue weighted by Crippen LogP contribution is 2.35. The first-order valence-electron chi connectivity index (χ1n) is 6.32. The predicted octanol–water partition coefficient (Wildman–Crippen LogP) is 4.50. The van der Waals surface area contributed by atoms with Crippen LogP contribution in [0.2, 0.25) is 0 Å². The SMILES string of the molecule is Cc1cncn1-c1cc(C(F)(F)F)ccc1C(C)(C)C. The first kappa shape index (κ1) is 14.6. The van der Waals surface area contributed by atoms with Crippen molar-refractivity contribution < 1.29 is 13.2 Å². The van der Waals surface area contributed by atoms with Gasteiger partial charge in [0.05, 0.1) is 17.6 Å². The fraction of sp³-hybridized carbons (Fsp3) is 0.400. The lowest BCUT2D eigenvalue weighted by molar-refractivity contribution is -0.137. The standard InChI is InChI=1S/C15H17F3N2/c1-10-8-19-9-20(10)13-7-11(15(16,17)18)5-6-12(13)14(2,3)4/h5-9H,1-4H3. The van der Waals surface area contributed by atoms with Gasteiger partial charge in [-0.15, -0.1) is 0 Å². The van der Waals surface area contributed by atoms with Crippen molar-refractivity contribution in [1.82, 2.24) is 9.55 Å². The van der Waals surface area contributed by atoms with Crippen LogP contribution in [0, 0.1) is 6.92 Å². The van der Waals surface area contributed by atoms with E-state index in [1.54, 1.807) is 23.2 Å². The summed E-state index contributed by atoms with van der Waals surface area (Å²) in [6.07, 6.45) is -1.17. The lowest BCUT2D eigenvalue weighted by Gasteiger charge is -2.25. The fourth-order valence-corrected chi connectivity index (χ4v) is 2.15. The van der Waals surface area contributed by atoms with Crippen LogP contribution in [-0.2, 0) is 11.6 Å². The highest BCUT2D eigenvalue weighted by atomic mass is 19.4. The lowest BCUT2D eigenvalue weighted by atomic mass is 9.85. The van der Waals surface area contributed by atoms with Gasteiger partial charge in [-0.1, -0.05) is 26.8 Å². The second kappa shape index (κ2) is 4.65. The van der Waals surface area contributed by atoms with Crippen molar-refractivity contribution in [3.05, 3.63) is 47.5 Å². The zero-order valence-electron chi connectivity index (χ0n) is 11.9. The molecule has 0 atom stereocenters. The maximum Gasteiger partial charge on any atom is 0.416 e. The van der Waals surface area contributed by atoms with Gasteiger partial charge in [-0.2, -0.15) is 13.2 Å². The minimum absolute atomic E-state index is 0.254. The van der Waals surface area contributed by atoms with Crippen LogP contribution in [0.1, 0.15) is 37.6 Å². The summed E-state index contributed by atoms with van der Waals surface area (Å²) in [5, 5.41) is 0. The van der Waals surface area contributed by atoms with E-state index in [2.05, 4.69) is 4.98 Å². The highest BCUT2D eigenvalue weighted by molar-refractivity contribution is 5.49. The van der Waals surface area contributed by atoms with Crippen LogP contribution >= 0.6 is 0 Å². The number of aryl methyl sites for hydroxylation is 1. The van der Waals surface area contributed by atoms with Gasteiger partial charge in [0, 0.05) is 11.9 Å². The first-order chi connectivity index (χ1) is 9.10. The summed E-state index contributed by atoms with van der Waals surface area (Å²) < 4.78 is 40.4. The fourth-order valence-electron chi connectivity index (χ4n) is 2.15. The minimum Gasteiger partial charge on any atom is -0.303 e. The molecule has 2 nitrogen and oxygen atoms in total. The topological polar surface area (TPSA) is 17.8 Å². The van der Waals surface area contributed by atoms with Gasteiger partial charge in [-0.3, -0.25) is 0 Å². The summed E-state index contributed by atoms with van der Waals surface area (Å²) in [5.41, 5.74) is 1.29. The Labute approximate surface area is 116 Å². The van der Waals surface area contributed by atoms with Gasteiger partial charge >= 0.3 is 6.18 Å². The van der Waals surface area contributed by atoms with E-state index in [0.717, 1.165) is 17.3 Å². The Morgan fingerprint density at radius 3 is 2.20 bits per heavy atom. The second-order valence-corrected chi connectivity index (χ2v) is 5.88. The van der Waals surface area contributed by atoms with Crippen molar-refractivity contribution >= 4 is 0 Å². The van der Waals surface area contributed by atoms with E-state index in [0.29, 0.717) is 5.69 Å². The number of hydrogen-bond donors (Lipinski definition) is 0. The largest absolute Gasteiger partial charge is 0.416 e. The molecule has 1 aromatic carbocycles. The van der Waals surface area contributed by atoms with Gasteiger partial charge in [0.15, 0.2) is 0 Å². The van der Waals surface area contributed by atoms with Gasteiger partial charge in [0.1, 0.15) is 0 Å². The quantitative estimate of drug-likeness (QED) is 0.753. The molecule has 108 valence electrons. The molecule has 1 heterocycles. The average molecular weight is 282 g/mol. The number of hydrogen-bond acceptors (Lipinski definition) is 1. The molecule has 0 aliphatic rings. The molecule has 2 aromatic rings. The summed E-state index contributed by atoms with van der Waals surface area (Å²) in [7, 11) is 0. The molecule has 2 rings (SSSR count). The smallest absolute Gasteiger partial charge is 0.303 e. The van der Waals surface area contributed by atoms with Gasteiger partial charge in [0.2, 0.25) is 0 Å². The van der Waals surface area contributed by atoms with E-state index < -0.39 is 11.7 Å². The average Bonchev–Trinajstić information content (AvgIpc) is 2.72. The molecule has 0 saturated heterocycles. The van der Waals surface area contributed by atoms with Crippen LogP contribution in [0.15, 0.2) is 30.7 Å². The molecule has 0 spiro atoms. The molecular weight excluding hydrogens is 265 g/mol. The molecule has 0 aliphatic carbocycles. The van der Waals surface area contributed by atoms with E-state index in [9.17, 15) is 13.2 Å². The Kier molecular flexibility index (Phi) is 3.40. The molecule has 0 fully saturated rings. The molecular formula is C15H17F3N2. The van der Waals surface area contributed by atoms with Gasteiger partial charge < -0.3 is 4.57 Å². The minimum atomic E-state index is -4.35. The van der Waals surface area contributed by atoms with Gasteiger partial charge in [0.25, 0.3) is 0 Å². The monoisotopic (exact) mass is 282 g/mol. The Bertz CT molecular complexity index is 619. The molecule has 0 radical (unpaired) electrons. The summed E-state index contributed by atoms with van der Waals surface area (Å²) in [6.45, 7) is 7.75. The van der Waals surface area contributed by atoms with Gasteiger partial charge in [-0.05, 0) is 30.0 Å². The van der Waals surface area contributed by atoms with Crippen molar-refractivity contribution in [2.75, 3.05) is 0 Å². The van der Waals surface area contributed by atoms with Crippen molar-refractivity contribution in [2.24, 2.45) is 0 Å². The third kappa shape index (κ3) is 2.71. The number of nitrogens with zero attached hydrogens (tertiary/aromatic N) is 2. The van der Waals surface area contributed by atoms with Crippen LogP contribution in [0.5, 0.6) is 0 Å². The number of benzene rings is 1. The molecule has 5 heteroatoms. The number of alkyl halides is 3. The number of imidazole rings is 1. The molecule has 1 aromatic heterocycles. The Hall–Kier alpha value is -1.78. The van der Waals surface area contributed by atoms with Crippen molar-refractivity contribution in [3.63, 3.8) is 0 Å². The van der Waals surface area contributed by atoms with E-state index in [4.69, 9.17) is 0 Å². The van der Waals surface area contributed by atoms with Crippen LogP contribution in [0.4, 0.5) is 13.2 Å². The van der Waals surface area contributed by atoms with Crippen LogP contribution < -0.4 is 0 Å². The van der Waals surface area contributed by atoms with Gasteiger partial charge in [-0.25, -0.2) is 4.98 Å². The number of halogens is 3. The third-order valence-electron chi connectivity index (χ3n) is 3.22. The van der Waals surface area contributed by atoms with Crippen molar-refractivity contribution in [3.8, 4) is 5.69 Å².